The minimum absolute atomic E-state index is 0.00569. The number of amides is 8. The highest BCUT2D eigenvalue weighted by molar-refractivity contribution is 7.18. The molecular weight excluding hydrogens is 1840 g/mol. The molecule has 16 rings (SSSR count). The van der Waals surface area contributed by atoms with Crippen molar-refractivity contribution in [3.8, 4) is 41.8 Å². The lowest BCUT2D eigenvalue weighted by Gasteiger charge is -2.22. The second-order valence-corrected chi connectivity index (χ2v) is 42.4. The van der Waals surface area contributed by atoms with E-state index in [9.17, 15) is 71.2 Å². The number of hydrogen-bond acceptors (Lipinski definition) is 28. The fourth-order valence-electron chi connectivity index (χ4n) is 18.0. The lowest BCUT2D eigenvalue weighted by atomic mass is 10.0. The van der Waals surface area contributed by atoms with Crippen LogP contribution in [0.25, 0.3) is 41.8 Å². The summed E-state index contributed by atoms with van der Waals surface area (Å²) in [4.78, 5) is 150. The molecule has 1 unspecified atom stereocenters. The predicted octanol–water partition coefficient (Wildman–Crippen LogP) is 15.4. The Morgan fingerprint density at radius 3 is 1.30 bits per heavy atom. The fraction of sp³-hybridized carbons (Fsp3) is 0.588. The standard InChI is InChI=1S/C27H35N5O3S.C24H31F2N5O3S.C24H35N5O3S.C22H29F2N5O3S/c1-14-12-22(29-15(2)16-6-7-16)28-13-19(14)24-23(27(35)32-17-8-9-18(32)11-10-17)31-26(36-24)25(34)30-20-4-3-5-21(20)33;1-13(2)28-18-9-14(3)17(11-27-18)20-19(23(33)31-12-24(25,26)10-15(31)4)30-22(35-20)21(32)29-16-5-7-34-8-6-16;1-7-15(3)27-18-11-14(2)17(12-25-18)20-19(23(31)29-10-8-9-16(29)4)28-22(33-20)21(30)26-13-24(5,6)32;1-11(2)26-16-6-12(3)15(8-25-16)18-17(21(32)29-10-22(23,24)7-14(29)5)28-20(33-18)19(31)27-13(4)9-30/h12-13,15-18,20-21,33H,3-11H2,1-2H3,(H,28,29)(H,30,34);9,11,13,15-16H,5-8,10,12H2,1-4H3,(H,27,28)(H,29,32);11-12,15-16,32H,7-10,13H2,1-6H3,(H,25,27)(H,26,30);6,8,11,13-14,30H,7,9-10H2,1-5H3,(H,25,26)(H,27,31)/t15-,17?,18?,20+,21+;15-;15-,16+;13-,14+/m1011/s1/i;;5D3;/t;;15-,16+,24?;. The van der Waals surface area contributed by atoms with Gasteiger partial charge in [-0.2, -0.15) is 0 Å². The lowest BCUT2D eigenvalue weighted by Crippen LogP contribution is -2.40. The van der Waals surface area contributed by atoms with Crippen LogP contribution >= 0.6 is 45.3 Å². The van der Waals surface area contributed by atoms with Gasteiger partial charge >= 0.3 is 0 Å². The molecule has 137 heavy (non-hydrogen) atoms. The van der Waals surface area contributed by atoms with Gasteiger partial charge in [-0.1, -0.05) is 6.92 Å². The van der Waals surface area contributed by atoms with Crippen LogP contribution in [-0.4, -0.2) is 264 Å². The Bertz CT molecular complexity index is 5810. The number of likely N-dealkylation sites (tertiary alicyclic amines) is 3. The van der Waals surface area contributed by atoms with Gasteiger partial charge in [0.2, 0.25) is 0 Å². The van der Waals surface area contributed by atoms with Crippen molar-refractivity contribution in [2.24, 2.45) is 5.92 Å². The number of aromatic nitrogens is 8. The number of pyridine rings is 4. The monoisotopic (exact) mass is 1970 g/mol. The van der Waals surface area contributed by atoms with Crippen molar-refractivity contribution in [3.05, 3.63) is 114 Å². The molecule has 0 aromatic carbocycles. The normalized spacial score (nSPS) is 21.9. The van der Waals surface area contributed by atoms with Crippen molar-refractivity contribution >= 4 is 116 Å². The number of rotatable bonds is 28. The average molecular weight is 1980 g/mol. The first-order valence-electron chi connectivity index (χ1n) is 48.9. The Labute approximate surface area is 817 Å². The number of nitrogens with one attached hydrogen (secondary N) is 8. The minimum Gasteiger partial charge on any atom is -0.394 e. The number of alkyl halides is 4. The number of halogens is 4. The first-order chi connectivity index (χ1) is 66.1. The molecule has 11 N–H and O–H groups in total. The summed E-state index contributed by atoms with van der Waals surface area (Å²) >= 11 is 4.38. The number of carbonyl (C=O) groups excluding carboxylic acids is 8. The molecule has 0 spiro atoms. The van der Waals surface area contributed by atoms with Crippen LogP contribution in [0.1, 0.15) is 300 Å². The molecule has 8 aromatic heterocycles. The first-order valence-corrected chi connectivity index (χ1v) is 50.6. The summed E-state index contributed by atoms with van der Waals surface area (Å²) in [6.45, 7) is 26.9. The SMILES string of the molecule is Cc1cc(NC(C)C)ncc1-c1sc(C(=O)NC2CCOCC2)nc1C(=O)N1CC(F)(F)C[C@@H]1C.Cc1cc(NC(C)C)ncc1-c1sc(C(=O)N[C@H](C)CO)nc1C(=O)N1CC(F)(F)C[C@@H]1C.Cc1cc(N[C@H](C)C2CC2)ncc1-c1sc(C(=O)N[C@H]2CCC[C@@H]2O)nc1C(=O)N1C2CCC1CC2.[2H]C([2H])([2H])C(C)(O)CNC(=O)c1nc(C(=O)N2CCC[C@@H]2C)c(-c2cnc(N[C@H](C)CC)cc2C)s1. The molecule has 14 heterocycles. The van der Waals surface area contributed by atoms with E-state index >= 15 is 0 Å². The minimum atomic E-state index is -2.97. The number of thiazole rings is 4. The van der Waals surface area contributed by atoms with Crippen LogP contribution in [0.2, 0.25) is 0 Å². The van der Waals surface area contributed by atoms with Crippen LogP contribution in [0, 0.1) is 33.6 Å². The van der Waals surface area contributed by atoms with E-state index in [1.165, 1.54) is 24.2 Å². The molecule has 32 nitrogen and oxygen atoms in total. The summed E-state index contributed by atoms with van der Waals surface area (Å²) < 4.78 is 83.7. The van der Waals surface area contributed by atoms with E-state index in [-0.39, 0.29) is 116 Å². The molecule has 8 fully saturated rings. The Morgan fingerprint density at radius 2 is 0.927 bits per heavy atom. The highest BCUT2D eigenvalue weighted by Gasteiger charge is 2.50. The second-order valence-electron chi connectivity index (χ2n) is 38.4. The van der Waals surface area contributed by atoms with Gasteiger partial charge in [-0.25, -0.2) is 57.4 Å². The Morgan fingerprint density at radius 1 is 0.518 bits per heavy atom. The zero-order chi connectivity index (χ0) is 102. The number of aliphatic hydroxyl groups excluding tert-OH is 2. The third-order valence-electron chi connectivity index (χ3n) is 25.8. The lowest BCUT2D eigenvalue weighted by molar-refractivity contribution is 0.0115. The van der Waals surface area contributed by atoms with Crippen LogP contribution in [0.3, 0.4) is 0 Å². The second kappa shape index (κ2) is 44.4. The third-order valence-corrected chi connectivity index (χ3v) is 30.1. The Kier molecular flexibility index (Phi) is 32.3. The third kappa shape index (κ3) is 25.8. The highest BCUT2D eigenvalue weighted by atomic mass is 32.1. The van der Waals surface area contributed by atoms with E-state index in [0.29, 0.717) is 105 Å². The molecular formula is C97H130F4N20O12S4. The van der Waals surface area contributed by atoms with Crippen molar-refractivity contribution in [3.63, 3.8) is 0 Å². The summed E-state index contributed by atoms with van der Waals surface area (Å²) in [7, 11) is 0. The predicted molar refractivity (Wildman–Crippen MR) is 524 cm³/mol. The van der Waals surface area contributed by atoms with Crippen LogP contribution in [0.15, 0.2) is 49.1 Å². The van der Waals surface area contributed by atoms with Crippen molar-refractivity contribution in [2.45, 2.75) is 316 Å². The molecule has 2 saturated carbocycles. The summed E-state index contributed by atoms with van der Waals surface area (Å²) in [5.41, 5.74) is 4.65. The number of fused-ring (bicyclic) bond motifs is 2. The number of anilines is 4. The molecule has 40 heteroatoms. The Balaban J connectivity index is 0.000000157. The molecule has 2 bridgehead atoms. The molecule has 742 valence electrons. The van der Waals surface area contributed by atoms with E-state index in [2.05, 4.69) is 103 Å². The van der Waals surface area contributed by atoms with Gasteiger partial charge in [0.1, 0.15) is 46.0 Å². The van der Waals surface area contributed by atoms with Gasteiger partial charge in [0.05, 0.1) is 57.0 Å². The fourth-order valence-corrected chi connectivity index (χ4v) is 22.2. The molecule has 9 atom stereocenters. The number of aliphatic hydroxyl groups is 3. The van der Waals surface area contributed by atoms with Crippen LogP contribution in [0.5, 0.6) is 0 Å². The molecule has 0 radical (unpaired) electrons. The van der Waals surface area contributed by atoms with E-state index in [4.69, 9.17) is 8.85 Å². The van der Waals surface area contributed by atoms with Gasteiger partial charge < -0.3 is 82.2 Å². The molecule has 8 amide bonds. The topological polar surface area (TPSA) is 419 Å². The van der Waals surface area contributed by atoms with Crippen molar-refractivity contribution in [1.29, 1.82) is 0 Å². The Hall–Kier alpha value is -10.4. The van der Waals surface area contributed by atoms with Gasteiger partial charge in [-0.05, 0) is 253 Å². The van der Waals surface area contributed by atoms with Gasteiger partial charge in [0, 0.05) is 157 Å². The first kappa shape index (κ1) is 99.6. The highest BCUT2D eigenvalue weighted by Crippen LogP contribution is 2.45. The largest absolute Gasteiger partial charge is 0.394 e. The quantitative estimate of drug-likeness (QED) is 0.0203. The number of carbonyl (C=O) groups is 8. The van der Waals surface area contributed by atoms with Crippen molar-refractivity contribution < 1.29 is 80.1 Å². The van der Waals surface area contributed by atoms with E-state index in [1.807, 2.05) is 97.7 Å². The molecule has 2 aliphatic carbocycles. The molecule has 6 saturated heterocycles. The van der Waals surface area contributed by atoms with Crippen molar-refractivity contribution in [2.75, 3.05) is 67.3 Å². The molecule has 8 aromatic rings. The van der Waals surface area contributed by atoms with E-state index in [0.717, 1.165) is 148 Å². The van der Waals surface area contributed by atoms with Gasteiger partial charge in [0.15, 0.2) is 20.0 Å². The van der Waals surface area contributed by atoms with Gasteiger partial charge in [-0.3, -0.25) is 38.4 Å². The zero-order valence-electron chi connectivity index (χ0n) is 83.5. The number of aryl methyl sites for hydroxylation is 4. The summed E-state index contributed by atoms with van der Waals surface area (Å²) in [5, 5.41) is 54.3. The van der Waals surface area contributed by atoms with Crippen LogP contribution in [0.4, 0.5) is 40.8 Å². The van der Waals surface area contributed by atoms with Crippen LogP contribution < -0.4 is 42.5 Å². The number of nitrogens with zero attached hydrogens (tertiary/aromatic N) is 12. The maximum absolute atomic E-state index is 14.0. The molecule has 6 aliphatic heterocycles. The number of hydrogen-bond donors (Lipinski definition) is 11. The smallest absolute Gasteiger partial charge is 0.280 e. The van der Waals surface area contributed by atoms with Gasteiger partial charge in [0.25, 0.3) is 59.1 Å². The maximum atomic E-state index is 14.0. The van der Waals surface area contributed by atoms with Crippen molar-refractivity contribution in [1.82, 2.24) is 80.7 Å². The zero-order valence-corrected chi connectivity index (χ0v) is 83.8. The van der Waals surface area contributed by atoms with Gasteiger partial charge in [-0.15, -0.1) is 45.3 Å². The van der Waals surface area contributed by atoms with E-state index in [1.54, 1.807) is 44.3 Å². The molecule has 8 aliphatic rings. The van der Waals surface area contributed by atoms with Crippen LogP contribution in [-0.2, 0) is 4.74 Å². The summed E-state index contributed by atoms with van der Waals surface area (Å²) in [5.74, 6) is -5.79. The number of ether oxygens (including phenoxy) is 1. The summed E-state index contributed by atoms with van der Waals surface area (Å²) in [6, 6.07) is 7.12. The van der Waals surface area contributed by atoms with E-state index < -0.39 is 105 Å². The maximum Gasteiger partial charge on any atom is 0.280 e. The average Bonchev–Trinajstić information content (AvgIpc) is 1.61. The summed E-state index contributed by atoms with van der Waals surface area (Å²) in [6.07, 6.45) is 18.5.